The number of phenolic OH excluding ortho intramolecular Hbond substituents is 1. The lowest BCUT2D eigenvalue weighted by Gasteiger charge is -2.36. The summed E-state index contributed by atoms with van der Waals surface area (Å²) in [6, 6.07) is 17.7. The van der Waals surface area contributed by atoms with Crippen LogP contribution in [0.5, 0.6) is 5.75 Å². The fraction of sp³-hybridized carbons (Fsp3) is 0.280. The van der Waals surface area contributed by atoms with Crippen LogP contribution in [-0.2, 0) is 5.41 Å². The molecule has 0 saturated heterocycles. The Morgan fingerprint density at radius 2 is 1.89 bits per heavy atom. The Hall–Kier alpha value is -2.32. The fourth-order valence-electron chi connectivity index (χ4n) is 6.80. The van der Waals surface area contributed by atoms with E-state index in [1.807, 2.05) is 0 Å². The van der Waals surface area contributed by atoms with Gasteiger partial charge in [0.1, 0.15) is 5.75 Å². The Labute approximate surface area is 162 Å². The number of fused-ring (bicyclic) bond motifs is 12. The van der Waals surface area contributed by atoms with E-state index in [0.29, 0.717) is 5.75 Å². The largest absolute Gasteiger partial charge is 0.507 e. The maximum absolute atomic E-state index is 11.0. The third kappa shape index (κ3) is 1.59. The molecule has 1 nitrogen and oxygen atoms in total. The molecule has 3 aromatic carbocycles. The van der Waals surface area contributed by atoms with Crippen molar-refractivity contribution in [1.82, 2.24) is 0 Å². The van der Waals surface area contributed by atoms with Gasteiger partial charge >= 0.3 is 0 Å². The highest BCUT2D eigenvalue weighted by molar-refractivity contribution is 7.17. The van der Waals surface area contributed by atoms with Crippen LogP contribution in [0.4, 0.5) is 0 Å². The Morgan fingerprint density at radius 3 is 2.74 bits per heavy atom. The quantitative estimate of drug-likeness (QED) is 0.360. The van der Waals surface area contributed by atoms with Crippen LogP contribution >= 0.6 is 11.3 Å². The highest BCUT2D eigenvalue weighted by Gasteiger charge is 2.57. The Kier molecular flexibility index (Phi) is 2.58. The maximum atomic E-state index is 11.0. The molecule has 3 aliphatic rings. The minimum atomic E-state index is 0.124. The lowest BCUT2D eigenvalue weighted by Crippen LogP contribution is -2.31. The van der Waals surface area contributed by atoms with Crippen molar-refractivity contribution in [1.29, 1.82) is 0 Å². The van der Waals surface area contributed by atoms with Crippen molar-refractivity contribution in [3.05, 3.63) is 65.0 Å². The molecule has 132 valence electrons. The van der Waals surface area contributed by atoms with E-state index < -0.39 is 0 Å². The minimum Gasteiger partial charge on any atom is -0.507 e. The zero-order valence-electron chi connectivity index (χ0n) is 15.0. The van der Waals surface area contributed by atoms with E-state index in [1.165, 1.54) is 63.4 Å². The summed E-state index contributed by atoms with van der Waals surface area (Å²) in [7, 11) is 0. The standard InChI is InChI=1S/C25H20OS/c26-21-12-20-24(23-17(21)7-8-22-18(23)9-10-27-22)16-3-1-2-4-19(16)25(20)13-14-5-6-15(25)11-14/h1-4,7-10,12,14-15,26H,5-6,11,13H2. The topological polar surface area (TPSA) is 20.2 Å². The van der Waals surface area contributed by atoms with E-state index >= 15 is 0 Å². The van der Waals surface area contributed by atoms with Gasteiger partial charge in [0.2, 0.25) is 0 Å². The molecule has 2 bridgehead atoms. The molecule has 1 spiro atoms. The maximum Gasteiger partial charge on any atom is 0.123 e. The molecule has 0 radical (unpaired) electrons. The molecule has 4 aromatic rings. The number of hydrogen-bond acceptors (Lipinski definition) is 2. The van der Waals surface area contributed by atoms with Gasteiger partial charge < -0.3 is 5.11 Å². The van der Waals surface area contributed by atoms with E-state index in [0.717, 1.165) is 17.2 Å². The van der Waals surface area contributed by atoms with Crippen LogP contribution in [0.15, 0.2) is 53.9 Å². The van der Waals surface area contributed by atoms with Crippen LogP contribution < -0.4 is 0 Å². The van der Waals surface area contributed by atoms with Gasteiger partial charge in [-0.15, -0.1) is 11.3 Å². The lowest BCUT2D eigenvalue weighted by atomic mass is 9.66. The molecule has 1 heterocycles. The van der Waals surface area contributed by atoms with Crippen molar-refractivity contribution in [2.24, 2.45) is 11.8 Å². The van der Waals surface area contributed by atoms with E-state index in [1.54, 1.807) is 11.3 Å². The fourth-order valence-corrected chi connectivity index (χ4v) is 7.60. The van der Waals surface area contributed by atoms with E-state index in [9.17, 15) is 5.11 Å². The van der Waals surface area contributed by atoms with Crippen LogP contribution in [0, 0.1) is 11.8 Å². The Balaban J connectivity index is 1.71. The van der Waals surface area contributed by atoms with Crippen molar-refractivity contribution in [3.8, 4) is 16.9 Å². The first kappa shape index (κ1) is 14.7. The van der Waals surface area contributed by atoms with Gasteiger partial charge in [0.25, 0.3) is 0 Å². The first-order chi connectivity index (χ1) is 13.3. The summed E-state index contributed by atoms with van der Waals surface area (Å²) in [5, 5.41) is 16.8. The monoisotopic (exact) mass is 368 g/mol. The molecule has 0 amide bonds. The van der Waals surface area contributed by atoms with E-state index in [2.05, 4.69) is 53.9 Å². The summed E-state index contributed by atoms with van der Waals surface area (Å²) in [6.45, 7) is 0. The molecule has 7 rings (SSSR count). The SMILES string of the molecule is Oc1cc2c(c3c1ccc1sccc13)-c1ccccc1C21CC2CCC1C2. The summed E-state index contributed by atoms with van der Waals surface area (Å²) in [6.07, 6.45) is 5.33. The van der Waals surface area contributed by atoms with Gasteiger partial charge in [-0.2, -0.15) is 0 Å². The van der Waals surface area contributed by atoms with Gasteiger partial charge in [0.15, 0.2) is 0 Å². The first-order valence-electron chi connectivity index (χ1n) is 10.0. The van der Waals surface area contributed by atoms with Crippen LogP contribution in [-0.4, -0.2) is 5.11 Å². The smallest absolute Gasteiger partial charge is 0.123 e. The number of thiophene rings is 1. The Morgan fingerprint density at radius 1 is 0.963 bits per heavy atom. The third-order valence-corrected chi connectivity index (χ3v) is 8.60. The molecular weight excluding hydrogens is 348 g/mol. The number of aromatic hydroxyl groups is 1. The molecule has 2 heteroatoms. The highest BCUT2D eigenvalue weighted by Crippen LogP contribution is 2.67. The average molecular weight is 369 g/mol. The normalized spacial score (nSPS) is 27.7. The van der Waals surface area contributed by atoms with Crippen molar-refractivity contribution in [2.45, 2.75) is 31.1 Å². The zero-order valence-corrected chi connectivity index (χ0v) is 15.9. The molecule has 1 aromatic heterocycles. The number of hydrogen-bond donors (Lipinski definition) is 1. The van der Waals surface area contributed by atoms with Gasteiger partial charge in [-0.1, -0.05) is 30.7 Å². The summed E-state index contributed by atoms with van der Waals surface area (Å²) in [5.41, 5.74) is 5.85. The predicted molar refractivity (Wildman–Crippen MR) is 113 cm³/mol. The van der Waals surface area contributed by atoms with Gasteiger partial charge in [-0.05, 0) is 83.0 Å². The second-order valence-corrected chi connectivity index (χ2v) is 9.68. The number of benzene rings is 3. The summed E-state index contributed by atoms with van der Waals surface area (Å²) >= 11 is 1.79. The molecule has 27 heavy (non-hydrogen) atoms. The van der Waals surface area contributed by atoms with Crippen LogP contribution in [0.3, 0.4) is 0 Å². The molecule has 2 saturated carbocycles. The zero-order chi connectivity index (χ0) is 17.8. The summed E-state index contributed by atoms with van der Waals surface area (Å²) in [4.78, 5) is 0. The second kappa shape index (κ2) is 4.74. The van der Waals surface area contributed by atoms with Crippen molar-refractivity contribution in [2.75, 3.05) is 0 Å². The number of rotatable bonds is 0. The third-order valence-electron chi connectivity index (χ3n) is 7.72. The van der Waals surface area contributed by atoms with Crippen molar-refractivity contribution < 1.29 is 5.11 Å². The average Bonchev–Trinajstić information content (AvgIpc) is 3.46. The summed E-state index contributed by atoms with van der Waals surface area (Å²) < 4.78 is 1.31. The van der Waals surface area contributed by atoms with Crippen molar-refractivity contribution in [3.63, 3.8) is 0 Å². The molecule has 3 atom stereocenters. The van der Waals surface area contributed by atoms with Crippen molar-refractivity contribution >= 4 is 32.2 Å². The Bertz CT molecular complexity index is 1270. The molecule has 1 N–H and O–H groups in total. The van der Waals surface area contributed by atoms with Crippen LogP contribution in [0.2, 0.25) is 0 Å². The molecule has 3 aliphatic carbocycles. The molecule has 0 aliphatic heterocycles. The predicted octanol–water partition coefficient (Wildman–Crippen LogP) is 6.85. The lowest BCUT2D eigenvalue weighted by molar-refractivity contribution is 0.326. The minimum absolute atomic E-state index is 0.124. The second-order valence-electron chi connectivity index (χ2n) is 8.74. The van der Waals surface area contributed by atoms with E-state index in [4.69, 9.17) is 0 Å². The van der Waals surface area contributed by atoms with Gasteiger partial charge in [0.05, 0.1) is 0 Å². The van der Waals surface area contributed by atoms with E-state index in [-0.39, 0.29) is 5.41 Å². The molecule has 3 unspecified atom stereocenters. The number of phenols is 1. The van der Waals surface area contributed by atoms with Crippen LogP contribution in [0.1, 0.15) is 36.8 Å². The molecule has 2 fully saturated rings. The molecular formula is C25H20OS. The summed E-state index contributed by atoms with van der Waals surface area (Å²) in [5.74, 6) is 2.03. The highest BCUT2D eigenvalue weighted by atomic mass is 32.1. The van der Waals surface area contributed by atoms with Gasteiger partial charge in [-0.25, -0.2) is 0 Å². The van der Waals surface area contributed by atoms with Gasteiger partial charge in [-0.3, -0.25) is 0 Å². The van der Waals surface area contributed by atoms with Gasteiger partial charge in [0, 0.05) is 26.3 Å². The first-order valence-corrected chi connectivity index (χ1v) is 10.9. The van der Waals surface area contributed by atoms with Crippen LogP contribution in [0.25, 0.3) is 32.0 Å².